The van der Waals surface area contributed by atoms with E-state index >= 15 is 0 Å². The van der Waals surface area contributed by atoms with Gasteiger partial charge in [-0.25, -0.2) is 5.84 Å². The zero-order valence-electron chi connectivity index (χ0n) is 11.0. The van der Waals surface area contributed by atoms with Gasteiger partial charge in [-0.2, -0.15) is 15.0 Å². The molecule has 0 fully saturated rings. The fourth-order valence-electron chi connectivity index (χ4n) is 1.57. The summed E-state index contributed by atoms with van der Waals surface area (Å²) in [5.41, 5.74) is 3.44. The predicted octanol–water partition coefficient (Wildman–Crippen LogP) is 0.526. The Labute approximate surface area is 116 Å². The third-order valence-electron chi connectivity index (χ3n) is 2.56. The summed E-state index contributed by atoms with van der Waals surface area (Å²) in [5, 5.41) is 12.3. The smallest absolute Gasteiger partial charge is 0.322 e. The van der Waals surface area contributed by atoms with Gasteiger partial charge in [-0.1, -0.05) is 12.1 Å². The van der Waals surface area contributed by atoms with Crippen LogP contribution in [0, 0.1) is 0 Å². The Morgan fingerprint density at radius 2 is 1.85 bits per heavy atom. The molecule has 0 aliphatic heterocycles. The van der Waals surface area contributed by atoms with Crippen molar-refractivity contribution < 1.29 is 9.84 Å². The molecule has 0 atom stereocenters. The van der Waals surface area contributed by atoms with Gasteiger partial charge in [0, 0.05) is 6.54 Å². The largest absolute Gasteiger partial charge is 0.508 e. The number of phenolic OH excluding ortho intramolecular Hbond substituents is 1. The monoisotopic (exact) mass is 276 g/mol. The zero-order valence-corrected chi connectivity index (χ0v) is 11.0. The number of hydrogen-bond acceptors (Lipinski definition) is 8. The number of anilines is 2. The third-order valence-corrected chi connectivity index (χ3v) is 2.56. The highest BCUT2D eigenvalue weighted by Gasteiger charge is 2.05. The molecule has 8 heteroatoms. The molecule has 0 aliphatic rings. The van der Waals surface area contributed by atoms with Gasteiger partial charge in [0.05, 0.1) is 7.11 Å². The molecule has 106 valence electrons. The van der Waals surface area contributed by atoms with Crippen molar-refractivity contribution in [3.8, 4) is 11.8 Å². The number of nitrogens with two attached hydrogens (primary N) is 1. The van der Waals surface area contributed by atoms with Gasteiger partial charge < -0.3 is 15.2 Å². The first-order chi connectivity index (χ1) is 9.71. The molecule has 0 saturated carbocycles. The van der Waals surface area contributed by atoms with E-state index in [0.29, 0.717) is 12.5 Å². The van der Waals surface area contributed by atoms with Crippen molar-refractivity contribution in [2.45, 2.75) is 6.42 Å². The van der Waals surface area contributed by atoms with Crippen molar-refractivity contribution in [2.24, 2.45) is 5.84 Å². The lowest BCUT2D eigenvalue weighted by Gasteiger charge is -2.07. The number of rotatable bonds is 6. The summed E-state index contributed by atoms with van der Waals surface area (Å²) in [6.07, 6.45) is 0.764. The maximum absolute atomic E-state index is 9.20. The van der Waals surface area contributed by atoms with Crippen molar-refractivity contribution in [3.63, 3.8) is 0 Å². The molecule has 1 aromatic carbocycles. The molecular formula is C12H16N6O2. The second kappa shape index (κ2) is 6.53. The molecule has 0 amide bonds. The van der Waals surface area contributed by atoms with Gasteiger partial charge in [-0.05, 0) is 24.1 Å². The molecule has 0 aliphatic carbocycles. The summed E-state index contributed by atoms with van der Waals surface area (Å²) < 4.78 is 4.95. The fraction of sp³-hybridized carbons (Fsp3) is 0.250. The van der Waals surface area contributed by atoms with Crippen LogP contribution in [-0.2, 0) is 6.42 Å². The molecule has 1 heterocycles. The maximum atomic E-state index is 9.20. The summed E-state index contributed by atoms with van der Waals surface area (Å²) in [5.74, 6) is 6.12. The average Bonchev–Trinajstić information content (AvgIpc) is 2.49. The summed E-state index contributed by atoms with van der Waals surface area (Å²) in [7, 11) is 1.47. The van der Waals surface area contributed by atoms with Crippen LogP contribution in [0.4, 0.5) is 11.9 Å². The van der Waals surface area contributed by atoms with Gasteiger partial charge in [-0.15, -0.1) is 0 Å². The number of nitrogen functional groups attached to an aromatic ring is 1. The van der Waals surface area contributed by atoms with E-state index in [1.807, 2.05) is 12.1 Å². The Morgan fingerprint density at radius 1 is 1.15 bits per heavy atom. The third kappa shape index (κ3) is 3.69. The molecule has 0 spiro atoms. The molecule has 8 nitrogen and oxygen atoms in total. The van der Waals surface area contributed by atoms with Gasteiger partial charge in [-0.3, -0.25) is 5.43 Å². The van der Waals surface area contributed by atoms with Gasteiger partial charge in [0.25, 0.3) is 0 Å². The summed E-state index contributed by atoms with van der Waals surface area (Å²) >= 11 is 0. The van der Waals surface area contributed by atoms with E-state index in [9.17, 15) is 5.11 Å². The molecule has 2 rings (SSSR count). The number of methoxy groups -OCH3 is 1. The molecule has 20 heavy (non-hydrogen) atoms. The second-order valence-electron chi connectivity index (χ2n) is 3.96. The van der Waals surface area contributed by atoms with Gasteiger partial charge in [0.2, 0.25) is 11.9 Å². The lowest BCUT2D eigenvalue weighted by Crippen LogP contribution is -2.15. The first-order valence-corrected chi connectivity index (χ1v) is 5.99. The van der Waals surface area contributed by atoms with E-state index in [4.69, 9.17) is 10.6 Å². The van der Waals surface area contributed by atoms with E-state index in [2.05, 4.69) is 25.7 Å². The molecule has 1 aromatic heterocycles. The minimum atomic E-state index is 0.181. The second-order valence-corrected chi connectivity index (χ2v) is 3.96. The Hall–Kier alpha value is -2.61. The summed E-state index contributed by atoms with van der Waals surface area (Å²) in [4.78, 5) is 12.0. The first kappa shape index (κ1) is 13.8. The molecule has 2 aromatic rings. The molecule has 0 radical (unpaired) electrons. The Balaban J connectivity index is 1.94. The normalized spacial score (nSPS) is 10.1. The molecule has 5 N–H and O–H groups in total. The number of benzene rings is 1. The number of aromatic nitrogens is 3. The lowest BCUT2D eigenvalue weighted by atomic mass is 10.1. The number of nitrogens with zero attached hydrogens (tertiary/aromatic N) is 3. The van der Waals surface area contributed by atoms with Gasteiger partial charge in [0.1, 0.15) is 5.75 Å². The van der Waals surface area contributed by atoms with Gasteiger partial charge in [0.15, 0.2) is 0 Å². The number of nitrogens with one attached hydrogen (secondary N) is 2. The Morgan fingerprint density at radius 3 is 2.50 bits per heavy atom. The predicted molar refractivity (Wildman–Crippen MR) is 74.5 cm³/mol. The minimum Gasteiger partial charge on any atom is -0.508 e. The summed E-state index contributed by atoms with van der Waals surface area (Å²) in [6.45, 7) is 0.627. The van der Waals surface area contributed by atoms with Gasteiger partial charge >= 0.3 is 6.01 Å². The van der Waals surface area contributed by atoms with Crippen LogP contribution in [-0.4, -0.2) is 33.7 Å². The standard InChI is InChI=1S/C12H16N6O2/c1-20-12-16-10(15-11(17-12)18-13)14-7-6-8-2-4-9(19)5-3-8/h2-5,19H,6-7,13H2,1H3,(H2,14,15,16,17,18). The SMILES string of the molecule is COc1nc(NN)nc(NCCc2ccc(O)cc2)n1. The summed E-state index contributed by atoms with van der Waals surface area (Å²) in [6, 6.07) is 7.20. The highest BCUT2D eigenvalue weighted by Crippen LogP contribution is 2.12. The van der Waals surface area contributed by atoms with Crippen LogP contribution < -0.4 is 21.3 Å². The van der Waals surface area contributed by atoms with Crippen LogP contribution >= 0.6 is 0 Å². The lowest BCUT2D eigenvalue weighted by molar-refractivity contribution is 0.379. The highest BCUT2D eigenvalue weighted by atomic mass is 16.5. The number of phenols is 1. The number of hydrazine groups is 1. The number of ether oxygens (including phenoxy) is 1. The molecule has 0 bridgehead atoms. The van der Waals surface area contributed by atoms with Crippen LogP contribution in [0.1, 0.15) is 5.56 Å². The van der Waals surface area contributed by atoms with E-state index in [1.165, 1.54) is 7.11 Å². The van der Waals surface area contributed by atoms with Crippen molar-refractivity contribution in [1.82, 2.24) is 15.0 Å². The zero-order chi connectivity index (χ0) is 14.4. The van der Waals surface area contributed by atoms with E-state index in [-0.39, 0.29) is 17.7 Å². The number of aromatic hydroxyl groups is 1. The van der Waals surface area contributed by atoms with Crippen molar-refractivity contribution >= 4 is 11.9 Å². The highest BCUT2D eigenvalue weighted by molar-refractivity contribution is 5.35. The van der Waals surface area contributed by atoms with Crippen molar-refractivity contribution in [1.29, 1.82) is 0 Å². The minimum absolute atomic E-state index is 0.181. The van der Waals surface area contributed by atoms with Crippen LogP contribution in [0.5, 0.6) is 11.8 Å². The fourth-order valence-corrected chi connectivity index (χ4v) is 1.57. The van der Waals surface area contributed by atoms with Crippen LogP contribution in [0.25, 0.3) is 0 Å². The van der Waals surface area contributed by atoms with E-state index < -0.39 is 0 Å². The topological polar surface area (TPSA) is 118 Å². The quantitative estimate of drug-likeness (QED) is 0.445. The molecular weight excluding hydrogens is 260 g/mol. The van der Waals surface area contributed by atoms with E-state index in [0.717, 1.165) is 12.0 Å². The molecule has 0 saturated heterocycles. The maximum Gasteiger partial charge on any atom is 0.322 e. The Kier molecular flexibility index (Phi) is 4.51. The first-order valence-electron chi connectivity index (χ1n) is 5.99. The molecule has 0 unspecified atom stereocenters. The van der Waals surface area contributed by atoms with Crippen LogP contribution in [0.3, 0.4) is 0 Å². The van der Waals surface area contributed by atoms with Crippen LogP contribution in [0.15, 0.2) is 24.3 Å². The van der Waals surface area contributed by atoms with Crippen LogP contribution in [0.2, 0.25) is 0 Å². The average molecular weight is 276 g/mol. The van der Waals surface area contributed by atoms with E-state index in [1.54, 1.807) is 12.1 Å². The Bertz CT molecular complexity index is 538. The van der Waals surface area contributed by atoms with Crippen molar-refractivity contribution in [2.75, 3.05) is 24.4 Å². The number of hydrogen-bond donors (Lipinski definition) is 4. The van der Waals surface area contributed by atoms with Crippen molar-refractivity contribution in [3.05, 3.63) is 29.8 Å².